The normalized spacial score (nSPS) is 15.4. The van der Waals surface area contributed by atoms with Crippen molar-refractivity contribution >= 4 is 15.7 Å². The predicted molar refractivity (Wildman–Crippen MR) is 108 cm³/mol. The van der Waals surface area contributed by atoms with Crippen molar-refractivity contribution in [1.29, 1.82) is 0 Å². The van der Waals surface area contributed by atoms with Crippen LogP contribution in [-0.4, -0.2) is 46.0 Å². The van der Waals surface area contributed by atoms with Gasteiger partial charge in [-0.25, -0.2) is 8.42 Å². The Bertz CT molecular complexity index is 934. The fraction of sp³-hybridized carbons (Fsp3) is 0.238. The fourth-order valence-corrected chi connectivity index (χ4v) is 3.93. The molecule has 3 rings (SSSR count). The molecule has 27 heavy (non-hydrogen) atoms. The maximum Gasteiger partial charge on any atom is 0.236 e. The van der Waals surface area contributed by atoms with Crippen molar-refractivity contribution in [2.45, 2.75) is 0 Å². The average Bonchev–Trinajstić information content (AvgIpc) is 2.72. The fourth-order valence-electron chi connectivity index (χ4n) is 2.85. The van der Waals surface area contributed by atoms with E-state index in [4.69, 9.17) is 4.74 Å². The average molecular weight is 382 g/mol. The monoisotopic (exact) mass is 382 g/mol. The van der Waals surface area contributed by atoms with E-state index in [1.54, 1.807) is 7.11 Å². The van der Waals surface area contributed by atoms with E-state index in [0.717, 1.165) is 17.0 Å². The SMILES string of the molecule is COc1ccc(N2CCN(S(=O)(=O)C=CC#Cc3ccccc3)CC2)cc1. The zero-order chi connectivity index (χ0) is 19.1. The summed E-state index contributed by atoms with van der Waals surface area (Å²) in [4.78, 5) is 2.17. The topological polar surface area (TPSA) is 49.9 Å². The van der Waals surface area contributed by atoms with Crippen LogP contribution in [0.3, 0.4) is 0 Å². The molecule has 1 fully saturated rings. The molecule has 6 heteroatoms. The van der Waals surface area contributed by atoms with E-state index >= 15 is 0 Å². The van der Waals surface area contributed by atoms with E-state index in [0.29, 0.717) is 26.2 Å². The minimum atomic E-state index is -3.45. The highest BCUT2D eigenvalue weighted by molar-refractivity contribution is 7.92. The lowest BCUT2D eigenvalue weighted by molar-refractivity contribution is 0.389. The number of rotatable bonds is 4. The summed E-state index contributed by atoms with van der Waals surface area (Å²) >= 11 is 0. The summed E-state index contributed by atoms with van der Waals surface area (Å²) in [5.41, 5.74) is 1.92. The molecule has 1 aliphatic rings. The Labute approximate surface area is 160 Å². The molecule has 0 aromatic heterocycles. The van der Waals surface area contributed by atoms with Crippen LogP contribution >= 0.6 is 0 Å². The van der Waals surface area contributed by atoms with Crippen LogP contribution in [0.1, 0.15) is 5.56 Å². The summed E-state index contributed by atoms with van der Waals surface area (Å²) in [6.45, 7) is 2.19. The molecular weight excluding hydrogens is 360 g/mol. The Morgan fingerprint density at radius 3 is 2.26 bits per heavy atom. The zero-order valence-electron chi connectivity index (χ0n) is 15.2. The molecule has 1 saturated heterocycles. The number of sulfonamides is 1. The van der Waals surface area contributed by atoms with Crippen LogP contribution in [0.2, 0.25) is 0 Å². The van der Waals surface area contributed by atoms with Crippen molar-refractivity contribution in [1.82, 2.24) is 4.31 Å². The van der Waals surface area contributed by atoms with Crippen molar-refractivity contribution in [2.75, 3.05) is 38.2 Å². The molecule has 0 spiro atoms. The Morgan fingerprint density at radius 1 is 0.963 bits per heavy atom. The standard InChI is InChI=1S/C21H22N2O3S/c1-26-21-12-10-20(11-13-21)22-14-16-23(17-15-22)27(24,25)18-6-5-9-19-7-3-2-4-8-19/h2-4,6-8,10-13,18H,14-17H2,1H3. The first-order chi connectivity index (χ1) is 13.1. The number of anilines is 1. The van der Waals surface area contributed by atoms with Crippen LogP contribution in [0.25, 0.3) is 0 Å². The van der Waals surface area contributed by atoms with Crippen LogP contribution in [0.15, 0.2) is 66.1 Å². The third-order valence-electron chi connectivity index (χ3n) is 4.35. The zero-order valence-corrected chi connectivity index (χ0v) is 16.0. The molecule has 2 aromatic rings. The van der Waals surface area contributed by atoms with Crippen molar-refractivity contribution in [3.63, 3.8) is 0 Å². The van der Waals surface area contributed by atoms with Gasteiger partial charge in [-0.1, -0.05) is 30.0 Å². The Kier molecular flexibility index (Phi) is 6.17. The number of methoxy groups -OCH3 is 1. The highest BCUT2D eigenvalue weighted by Gasteiger charge is 2.25. The summed E-state index contributed by atoms with van der Waals surface area (Å²) in [5, 5.41) is 1.19. The van der Waals surface area contributed by atoms with Crippen LogP contribution in [0.5, 0.6) is 5.75 Å². The van der Waals surface area contributed by atoms with E-state index in [-0.39, 0.29) is 0 Å². The van der Waals surface area contributed by atoms with Gasteiger partial charge in [0.2, 0.25) is 10.0 Å². The molecule has 1 aliphatic heterocycles. The number of allylic oxidation sites excluding steroid dienone is 1. The number of nitrogens with zero attached hydrogens (tertiary/aromatic N) is 2. The van der Waals surface area contributed by atoms with Gasteiger partial charge >= 0.3 is 0 Å². The van der Waals surface area contributed by atoms with Crippen LogP contribution in [-0.2, 0) is 10.0 Å². The molecule has 0 radical (unpaired) electrons. The minimum Gasteiger partial charge on any atom is -0.497 e. The molecule has 140 valence electrons. The maximum absolute atomic E-state index is 12.5. The first-order valence-electron chi connectivity index (χ1n) is 8.71. The number of hydrogen-bond acceptors (Lipinski definition) is 4. The van der Waals surface area contributed by atoms with Gasteiger partial charge in [-0.05, 0) is 36.4 Å². The lowest BCUT2D eigenvalue weighted by Crippen LogP contribution is -2.48. The Hall–Kier alpha value is -2.75. The van der Waals surface area contributed by atoms with Gasteiger partial charge in [0.05, 0.1) is 12.5 Å². The van der Waals surface area contributed by atoms with Crippen LogP contribution in [0, 0.1) is 11.8 Å². The van der Waals surface area contributed by atoms with Gasteiger partial charge in [0, 0.05) is 43.5 Å². The summed E-state index contributed by atoms with van der Waals surface area (Å²) in [6, 6.07) is 17.3. The highest BCUT2D eigenvalue weighted by atomic mass is 32.2. The third-order valence-corrected chi connectivity index (χ3v) is 5.91. The molecule has 0 bridgehead atoms. The summed E-state index contributed by atoms with van der Waals surface area (Å²) in [5.74, 6) is 6.51. The highest BCUT2D eigenvalue weighted by Crippen LogP contribution is 2.21. The largest absolute Gasteiger partial charge is 0.497 e. The molecule has 0 aliphatic carbocycles. The second-order valence-corrected chi connectivity index (χ2v) is 7.89. The minimum absolute atomic E-state index is 0.449. The number of piperazine rings is 1. The summed E-state index contributed by atoms with van der Waals surface area (Å²) in [7, 11) is -1.82. The van der Waals surface area contributed by atoms with Gasteiger partial charge in [-0.15, -0.1) is 0 Å². The van der Waals surface area contributed by atoms with Crippen molar-refractivity contribution in [2.24, 2.45) is 0 Å². The van der Waals surface area contributed by atoms with E-state index in [1.807, 2.05) is 54.6 Å². The van der Waals surface area contributed by atoms with Gasteiger partial charge in [-0.3, -0.25) is 0 Å². The van der Waals surface area contributed by atoms with E-state index in [9.17, 15) is 8.42 Å². The second-order valence-electron chi connectivity index (χ2n) is 6.07. The molecule has 2 aromatic carbocycles. The summed E-state index contributed by atoms with van der Waals surface area (Å²) < 4.78 is 31.6. The van der Waals surface area contributed by atoms with Gasteiger partial charge in [0.15, 0.2) is 0 Å². The molecular formula is C21H22N2O3S. The maximum atomic E-state index is 12.5. The van der Waals surface area contributed by atoms with Crippen molar-refractivity contribution in [3.8, 4) is 17.6 Å². The smallest absolute Gasteiger partial charge is 0.236 e. The van der Waals surface area contributed by atoms with E-state index in [1.165, 1.54) is 15.8 Å². The second kappa shape index (κ2) is 8.76. The van der Waals surface area contributed by atoms with Crippen LogP contribution < -0.4 is 9.64 Å². The molecule has 0 N–H and O–H groups in total. The van der Waals surface area contributed by atoms with E-state index < -0.39 is 10.0 Å². The van der Waals surface area contributed by atoms with Gasteiger partial charge in [0.25, 0.3) is 0 Å². The van der Waals surface area contributed by atoms with Crippen LogP contribution in [0.4, 0.5) is 5.69 Å². The first-order valence-corrected chi connectivity index (χ1v) is 10.2. The first kappa shape index (κ1) is 19.0. The Balaban J connectivity index is 1.57. The number of hydrogen-bond donors (Lipinski definition) is 0. The van der Waals surface area contributed by atoms with Gasteiger partial charge < -0.3 is 9.64 Å². The number of ether oxygens (including phenoxy) is 1. The molecule has 0 amide bonds. The quantitative estimate of drug-likeness (QED) is 0.763. The van der Waals surface area contributed by atoms with Gasteiger partial charge in [-0.2, -0.15) is 4.31 Å². The molecule has 1 heterocycles. The van der Waals surface area contributed by atoms with E-state index in [2.05, 4.69) is 16.7 Å². The lowest BCUT2D eigenvalue weighted by atomic mass is 10.2. The van der Waals surface area contributed by atoms with Crippen molar-refractivity contribution in [3.05, 3.63) is 71.6 Å². The van der Waals surface area contributed by atoms with Crippen molar-refractivity contribution < 1.29 is 13.2 Å². The molecule has 5 nitrogen and oxygen atoms in total. The molecule has 0 atom stereocenters. The summed E-state index contributed by atoms with van der Waals surface area (Å²) in [6.07, 6.45) is 1.40. The number of benzene rings is 2. The predicted octanol–water partition coefficient (Wildman–Crippen LogP) is 2.71. The third kappa shape index (κ3) is 5.13. The molecule has 0 unspecified atom stereocenters. The lowest BCUT2D eigenvalue weighted by Gasteiger charge is -2.34. The van der Waals surface area contributed by atoms with Gasteiger partial charge in [0.1, 0.15) is 5.75 Å². The molecule has 0 saturated carbocycles. The Morgan fingerprint density at radius 2 is 1.63 bits per heavy atom.